The maximum atomic E-state index is 5.75. The number of nitrogens with one attached hydrogen (secondary N) is 2. The van der Waals surface area contributed by atoms with Gasteiger partial charge in [0, 0.05) is 29.8 Å². The molecule has 0 fully saturated rings. The van der Waals surface area contributed by atoms with Crippen molar-refractivity contribution < 1.29 is 4.74 Å². The maximum Gasteiger partial charge on any atom is 0.191 e. The van der Waals surface area contributed by atoms with Gasteiger partial charge in [-0.05, 0) is 57.9 Å². The Morgan fingerprint density at radius 1 is 1.37 bits per heavy atom. The molecule has 0 saturated heterocycles. The lowest BCUT2D eigenvalue weighted by Gasteiger charge is -2.18. The minimum absolute atomic E-state index is 0.246. The number of hydrogen-bond acceptors (Lipinski definition) is 3. The van der Waals surface area contributed by atoms with Crippen molar-refractivity contribution >= 4 is 21.9 Å². The molecule has 1 unspecified atom stereocenters. The molecule has 0 radical (unpaired) electrons. The van der Waals surface area contributed by atoms with E-state index < -0.39 is 0 Å². The first-order chi connectivity index (χ1) is 12.9. The molecule has 7 heteroatoms. The predicted molar refractivity (Wildman–Crippen MR) is 115 cm³/mol. The Kier molecular flexibility index (Phi) is 8.16. The molecule has 1 aromatic carbocycles. The molecule has 1 aromatic heterocycles. The average Bonchev–Trinajstić information content (AvgIpc) is 2.85. The van der Waals surface area contributed by atoms with Crippen molar-refractivity contribution in [3.8, 4) is 5.75 Å². The normalized spacial score (nSPS) is 12.7. The Bertz CT molecular complexity index is 772. The molecular weight excluding hydrogens is 406 g/mol. The number of hydrogen-bond donors (Lipinski definition) is 2. The van der Waals surface area contributed by atoms with Crippen LogP contribution in [0.15, 0.2) is 33.7 Å². The summed E-state index contributed by atoms with van der Waals surface area (Å²) in [6, 6.07) is 8.08. The second-order valence-electron chi connectivity index (χ2n) is 6.59. The van der Waals surface area contributed by atoms with Gasteiger partial charge in [0.15, 0.2) is 5.96 Å². The predicted octanol–water partition coefficient (Wildman–Crippen LogP) is 3.36. The highest BCUT2D eigenvalue weighted by molar-refractivity contribution is 9.10. The van der Waals surface area contributed by atoms with E-state index in [2.05, 4.69) is 64.3 Å². The fourth-order valence-corrected chi connectivity index (χ4v) is 3.28. The molecule has 0 saturated carbocycles. The number of benzene rings is 1. The van der Waals surface area contributed by atoms with E-state index in [4.69, 9.17) is 4.74 Å². The van der Waals surface area contributed by atoms with Gasteiger partial charge in [-0.2, -0.15) is 5.10 Å². The van der Waals surface area contributed by atoms with Gasteiger partial charge >= 0.3 is 0 Å². The maximum absolute atomic E-state index is 5.75. The van der Waals surface area contributed by atoms with E-state index in [1.807, 2.05) is 36.0 Å². The molecule has 2 N–H and O–H groups in total. The van der Waals surface area contributed by atoms with Crippen LogP contribution in [0.4, 0.5) is 0 Å². The van der Waals surface area contributed by atoms with Gasteiger partial charge < -0.3 is 15.4 Å². The number of aryl methyl sites for hydroxylation is 2. The summed E-state index contributed by atoms with van der Waals surface area (Å²) >= 11 is 3.45. The lowest BCUT2D eigenvalue weighted by molar-refractivity contribution is 0.328. The third-order valence-electron chi connectivity index (χ3n) is 4.32. The molecule has 0 amide bonds. The summed E-state index contributed by atoms with van der Waals surface area (Å²) in [5.41, 5.74) is 3.60. The third-order valence-corrected chi connectivity index (χ3v) is 4.82. The standard InChI is InChI=1S/C20H30BrN5O/c1-6-22-20(23-10-11-27-18-9-7-8-17(21)13-18)24-14(2)12-19-15(3)25-26(5)16(19)4/h7-9,13-14H,6,10-12H2,1-5H3,(H2,22,23,24). The molecule has 1 heterocycles. The first kappa shape index (κ1) is 21.3. The van der Waals surface area contributed by atoms with Crippen molar-refractivity contribution in [3.63, 3.8) is 0 Å². The Balaban J connectivity index is 1.88. The van der Waals surface area contributed by atoms with E-state index in [1.54, 1.807) is 0 Å². The third kappa shape index (κ3) is 6.57. The van der Waals surface area contributed by atoms with Crippen LogP contribution in [0.3, 0.4) is 0 Å². The molecule has 2 rings (SSSR count). The summed E-state index contributed by atoms with van der Waals surface area (Å²) in [5.74, 6) is 1.65. The number of nitrogens with zero attached hydrogens (tertiary/aromatic N) is 3. The summed E-state index contributed by atoms with van der Waals surface area (Å²) in [7, 11) is 1.99. The number of aliphatic imine (C=N–C) groups is 1. The van der Waals surface area contributed by atoms with Crippen LogP contribution in [0.25, 0.3) is 0 Å². The Morgan fingerprint density at radius 3 is 2.78 bits per heavy atom. The molecule has 0 aliphatic carbocycles. The van der Waals surface area contributed by atoms with E-state index in [9.17, 15) is 0 Å². The highest BCUT2D eigenvalue weighted by Crippen LogP contribution is 2.17. The fraction of sp³-hybridized carbons (Fsp3) is 0.500. The van der Waals surface area contributed by atoms with Crippen molar-refractivity contribution in [1.82, 2.24) is 20.4 Å². The zero-order valence-electron chi connectivity index (χ0n) is 16.8. The topological polar surface area (TPSA) is 63.5 Å². The number of rotatable bonds is 8. The zero-order chi connectivity index (χ0) is 19.8. The van der Waals surface area contributed by atoms with Crippen LogP contribution in [0, 0.1) is 13.8 Å². The van der Waals surface area contributed by atoms with Gasteiger partial charge in [-0.1, -0.05) is 22.0 Å². The van der Waals surface area contributed by atoms with Crippen molar-refractivity contribution in [2.24, 2.45) is 12.0 Å². The SMILES string of the molecule is CCNC(=NCCOc1cccc(Br)c1)NC(C)Cc1c(C)nn(C)c1C. The Labute approximate surface area is 170 Å². The molecule has 2 aromatic rings. The second kappa shape index (κ2) is 10.3. The monoisotopic (exact) mass is 435 g/mol. The van der Waals surface area contributed by atoms with Crippen LogP contribution in [0.1, 0.15) is 30.8 Å². The minimum atomic E-state index is 0.246. The van der Waals surface area contributed by atoms with Crippen LogP contribution in [-0.2, 0) is 13.5 Å². The van der Waals surface area contributed by atoms with Crippen molar-refractivity contribution in [3.05, 3.63) is 45.7 Å². The van der Waals surface area contributed by atoms with E-state index in [0.717, 1.165) is 34.8 Å². The number of ether oxygens (including phenoxy) is 1. The van der Waals surface area contributed by atoms with Crippen molar-refractivity contribution in [2.45, 2.75) is 40.2 Å². The van der Waals surface area contributed by atoms with Crippen molar-refractivity contribution in [1.29, 1.82) is 0 Å². The summed E-state index contributed by atoms with van der Waals surface area (Å²) in [6.07, 6.45) is 0.907. The van der Waals surface area contributed by atoms with Gasteiger partial charge in [0.1, 0.15) is 12.4 Å². The first-order valence-corrected chi connectivity index (χ1v) is 10.1. The zero-order valence-corrected chi connectivity index (χ0v) is 18.4. The summed E-state index contributed by atoms with van der Waals surface area (Å²) in [4.78, 5) is 4.62. The number of guanidine groups is 1. The molecule has 148 valence electrons. The van der Waals surface area contributed by atoms with Gasteiger partial charge in [-0.3, -0.25) is 4.68 Å². The van der Waals surface area contributed by atoms with Crippen LogP contribution >= 0.6 is 15.9 Å². The molecule has 0 bridgehead atoms. The van der Waals surface area contributed by atoms with Gasteiger partial charge in [0.25, 0.3) is 0 Å². The summed E-state index contributed by atoms with van der Waals surface area (Å²) in [6.45, 7) is 10.3. The molecule has 1 atom stereocenters. The van der Waals surface area contributed by atoms with E-state index >= 15 is 0 Å². The molecule has 6 nitrogen and oxygen atoms in total. The van der Waals surface area contributed by atoms with E-state index in [0.29, 0.717) is 13.2 Å². The highest BCUT2D eigenvalue weighted by Gasteiger charge is 2.13. The fourth-order valence-electron chi connectivity index (χ4n) is 2.90. The van der Waals surface area contributed by atoms with Crippen LogP contribution in [0.5, 0.6) is 5.75 Å². The molecule has 0 aliphatic rings. The number of halogens is 1. The van der Waals surface area contributed by atoms with E-state index in [-0.39, 0.29) is 6.04 Å². The molecule has 27 heavy (non-hydrogen) atoms. The second-order valence-corrected chi connectivity index (χ2v) is 7.50. The molecular formula is C20H30BrN5O. The minimum Gasteiger partial charge on any atom is -0.492 e. The van der Waals surface area contributed by atoms with Gasteiger partial charge in [0.05, 0.1) is 12.2 Å². The summed E-state index contributed by atoms with van der Waals surface area (Å²) in [5, 5.41) is 11.3. The first-order valence-electron chi connectivity index (χ1n) is 9.33. The summed E-state index contributed by atoms with van der Waals surface area (Å²) < 4.78 is 8.69. The van der Waals surface area contributed by atoms with Gasteiger partial charge in [-0.15, -0.1) is 0 Å². The molecule has 0 spiro atoms. The van der Waals surface area contributed by atoms with Gasteiger partial charge in [0.2, 0.25) is 0 Å². The largest absolute Gasteiger partial charge is 0.492 e. The number of aromatic nitrogens is 2. The van der Waals surface area contributed by atoms with Crippen LogP contribution < -0.4 is 15.4 Å². The van der Waals surface area contributed by atoms with Crippen molar-refractivity contribution in [2.75, 3.05) is 19.7 Å². The molecule has 0 aliphatic heterocycles. The average molecular weight is 436 g/mol. The highest BCUT2D eigenvalue weighted by atomic mass is 79.9. The smallest absolute Gasteiger partial charge is 0.191 e. The van der Waals surface area contributed by atoms with Crippen LogP contribution in [0.2, 0.25) is 0 Å². The van der Waals surface area contributed by atoms with Crippen LogP contribution in [-0.4, -0.2) is 41.5 Å². The van der Waals surface area contributed by atoms with E-state index in [1.165, 1.54) is 11.3 Å². The Hall–Kier alpha value is -2.02. The lowest BCUT2D eigenvalue weighted by atomic mass is 10.1. The Morgan fingerprint density at radius 2 is 2.15 bits per heavy atom. The van der Waals surface area contributed by atoms with Gasteiger partial charge in [-0.25, -0.2) is 4.99 Å². The lowest BCUT2D eigenvalue weighted by Crippen LogP contribution is -2.43. The quantitative estimate of drug-likeness (QED) is 0.379.